The average Bonchev–Trinajstić information content (AvgIpc) is 2.28. The van der Waals surface area contributed by atoms with E-state index in [1.54, 1.807) is 6.07 Å². The summed E-state index contributed by atoms with van der Waals surface area (Å²) in [5, 5.41) is 3.24. The number of rotatable bonds is 3. The molecule has 17 heavy (non-hydrogen) atoms. The zero-order valence-corrected chi connectivity index (χ0v) is 10.0. The molecule has 0 spiro atoms. The van der Waals surface area contributed by atoms with E-state index >= 15 is 0 Å². The Hall–Kier alpha value is -2.10. The molecule has 88 valence electrons. The average molecular weight is 228 g/mol. The Balaban J connectivity index is 2.16. The third-order valence-electron chi connectivity index (χ3n) is 2.52. The van der Waals surface area contributed by atoms with Crippen molar-refractivity contribution in [3.63, 3.8) is 0 Å². The molecular weight excluding hydrogens is 212 g/mol. The monoisotopic (exact) mass is 228 g/mol. The van der Waals surface area contributed by atoms with Gasteiger partial charge in [0.1, 0.15) is 5.82 Å². The van der Waals surface area contributed by atoms with Crippen molar-refractivity contribution in [2.45, 2.75) is 19.9 Å². The van der Waals surface area contributed by atoms with Crippen molar-refractivity contribution in [1.29, 1.82) is 0 Å². The molecular formula is C13H16N4. The van der Waals surface area contributed by atoms with Crippen LogP contribution in [0.3, 0.4) is 0 Å². The van der Waals surface area contributed by atoms with Crippen molar-refractivity contribution in [1.82, 2.24) is 9.97 Å². The largest absolute Gasteiger partial charge is 0.384 e. The van der Waals surface area contributed by atoms with Crippen LogP contribution in [0.2, 0.25) is 0 Å². The molecule has 2 rings (SSSR count). The molecule has 0 aliphatic carbocycles. The lowest BCUT2D eigenvalue weighted by atomic mass is 10.1. The van der Waals surface area contributed by atoms with E-state index in [9.17, 15) is 0 Å². The minimum atomic E-state index is 0.150. The Labute approximate surface area is 101 Å². The molecule has 4 nitrogen and oxygen atoms in total. The molecule has 2 aromatic rings. The fourth-order valence-corrected chi connectivity index (χ4v) is 1.68. The number of benzene rings is 1. The molecule has 1 heterocycles. The summed E-state index contributed by atoms with van der Waals surface area (Å²) in [5.41, 5.74) is 7.73. The summed E-state index contributed by atoms with van der Waals surface area (Å²) in [7, 11) is 0. The fourth-order valence-electron chi connectivity index (χ4n) is 1.68. The van der Waals surface area contributed by atoms with Crippen LogP contribution in [0.1, 0.15) is 24.2 Å². The van der Waals surface area contributed by atoms with Crippen molar-refractivity contribution in [3.05, 3.63) is 47.7 Å². The Morgan fingerprint density at radius 3 is 2.53 bits per heavy atom. The van der Waals surface area contributed by atoms with Gasteiger partial charge < -0.3 is 11.1 Å². The van der Waals surface area contributed by atoms with Crippen molar-refractivity contribution >= 4 is 11.8 Å². The van der Waals surface area contributed by atoms with E-state index in [1.807, 2.05) is 25.1 Å². The standard InChI is InChI=1S/C13H16N4/c1-9-8-12(14)17-13(15-9)16-10(2)11-6-4-3-5-7-11/h3-8,10H,1-2H3,(H3,14,15,16,17). The normalized spacial score (nSPS) is 12.1. The molecule has 1 unspecified atom stereocenters. The summed E-state index contributed by atoms with van der Waals surface area (Å²) in [6, 6.07) is 12.1. The molecule has 0 aliphatic heterocycles. The van der Waals surface area contributed by atoms with E-state index < -0.39 is 0 Å². The van der Waals surface area contributed by atoms with Crippen LogP contribution < -0.4 is 11.1 Å². The third-order valence-corrected chi connectivity index (χ3v) is 2.52. The highest BCUT2D eigenvalue weighted by Crippen LogP contribution is 2.17. The van der Waals surface area contributed by atoms with Gasteiger partial charge in [-0.2, -0.15) is 4.98 Å². The number of anilines is 2. The molecule has 0 amide bonds. The van der Waals surface area contributed by atoms with Crippen LogP contribution in [0, 0.1) is 6.92 Å². The van der Waals surface area contributed by atoms with Crippen molar-refractivity contribution in [2.75, 3.05) is 11.1 Å². The summed E-state index contributed by atoms with van der Waals surface area (Å²) in [5.74, 6) is 1.05. The Morgan fingerprint density at radius 2 is 1.88 bits per heavy atom. The van der Waals surface area contributed by atoms with Gasteiger partial charge in [0.2, 0.25) is 5.95 Å². The van der Waals surface area contributed by atoms with Gasteiger partial charge in [0, 0.05) is 11.8 Å². The number of nitrogens with one attached hydrogen (secondary N) is 1. The molecule has 1 aromatic carbocycles. The smallest absolute Gasteiger partial charge is 0.225 e. The number of nitrogens with zero attached hydrogens (tertiary/aromatic N) is 2. The van der Waals surface area contributed by atoms with Crippen LogP contribution in [0.5, 0.6) is 0 Å². The molecule has 0 saturated carbocycles. The summed E-state index contributed by atoms with van der Waals surface area (Å²) in [6.45, 7) is 3.97. The van der Waals surface area contributed by atoms with Gasteiger partial charge in [-0.3, -0.25) is 0 Å². The maximum Gasteiger partial charge on any atom is 0.225 e. The van der Waals surface area contributed by atoms with E-state index in [0.717, 1.165) is 5.69 Å². The van der Waals surface area contributed by atoms with E-state index in [2.05, 4.69) is 34.3 Å². The zero-order valence-electron chi connectivity index (χ0n) is 10.0. The predicted molar refractivity (Wildman–Crippen MR) is 69.7 cm³/mol. The SMILES string of the molecule is Cc1cc(N)nc(NC(C)c2ccccc2)n1. The number of nitrogens with two attached hydrogens (primary N) is 1. The first-order valence-corrected chi connectivity index (χ1v) is 5.58. The summed E-state index contributed by atoms with van der Waals surface area (Å²) in [6.07, 6.45) is 0. The van der Waals surface area contributed by atoms with E-state index in [-0.39, 0.29) is 6.04 Å². The van der Waals surface area contributed by atoms with Gasteiger partial charge in [-0.15, -0.1) is 0 Å². The molecule has 0 saturated heterocycles. The Bertz CT molecular complexity index is 476. The van der Waals surface area contributed by atoms with Gasteiger partial charge in [-0.25, -0.2) is 4.98 Å². The van der Waals surface area contributed by atoms with Crippen LogP contribution in [0.4, 0.5) is 11.8 Å². The number of aryl methyl sites for hydroxylation is 1. The van der Waals surface area contributed by atoms with E-state index in [0.29, 0.717) is 11.8 Å². The quantitative estimate of drug-likeness (QED) is 0.847. The van der Waals surface area contributed by atoms with Crippen LogP contribution in [0.15, 0.2) is 36.4 Å². The molecule has 1 atom stereocenters. The van der Waals surface area contributed by atoms with Crippen molar-refractivity contribution < 1.29 is 0 Å². The third kappa shape index (κ3) is 2.93. The summed E-state index contributed by atoms with van der Waals surface area (Å²) >= 11 is 0. The lowest BCUT2D eigenvalue weighted by molar-refractivity contribution is 0.858. The number of aromatic nitrogens is 2. The highest BCUT2D eigenvalue weighted by atomic mass is 15.1. The van der Waals surface area contributed by atoms with E-state index in [4.69, 9.17) is 5.73 Å². The first-order valence-electron chi connectivity index (χ1n) is 5.58. The second-order valence-electron chi connectivity index (χ2n) is 4.03. The van der Waals surface area contributed by atoms with Crippen LogP contribution in [-0.2, 0) is 0 Å². The van der Waals surface area contributed by atoms with Gasteiger partial charge in [0.05, 0.1) is 6.04 Å². The minimum Gasteiger partial charge on any atom is -0.384 e. The van der Waals surface area contributed by atoms with Gasteiger partial charge in [0.15, 0.2) is 0 Å². The maximum absolute atomic E-state index is 5.68. The van der Waals surface area contributed by atoms with Gasteiger partial charge >= 0.3 is 0 Å². The van der Waals surface area contributed by atoms with Gasteiger partial charge in [-0.1, -0.05) is 30.3 Å². The van der Waals surface area contributed by atoms with E-state index in [1.165, 1.54) is 5.56 Å². The number of hydrogen-bond acceptors (Lipinski definition) is 4. The minimum absolute atomic E-state index is 0.150. The molecule has 3 N–H and O–H groups in total. The summed E-state index contributed by atoms with van der Waals surface area (Å²) in [4.78, 5) is 8.45. The molecule has 0 aliphatic rings. The lowest BCUT2D eigenvalue weighted by Crippen LogP contribution is -2.10. The lowest BCUT2D eigenvalue weighted by Gasteiger charge is -2.14. The molecule has 0 radical (unpaired) electrons. The second-order valence-corrected chi connectivity index (χ2v) is 4.03. The van der Waals surface area contributed by atoms with Crippen LogP contribution in [-0.4, -0.2) is 9.97 Å². The van der Waals surface area contributed by atoms with Gasteiger partial charge in [-0.05, 0) is 19.4 Å². The number of hydrogen-bond donors (Lipinski definition) is 2. The van der Waals surface area contributed by atoms with Crippen LogP contribution >= 0.6 is 0 Å². The molecule has 1 aromatic heterocycles. The highest BCUT2D eigenvalue weighted by molar-refractivity contribution is 5.40. The molecule has 0 fully saturated rings. The Kier molecular flexibility index (Phi) is 3.23. The Morgan fingerprint density at radius 1 is 1.18 bits per heavy atom. The maximum atomic E-state index is 5.68. The topological polar surface area (TPSA) is 63.8 Å². The second kappa shape index (κ2) is 4.82. The first kappa shape index (κ1) is 11.4. The fraction of sp³-hybridized carbons (Fsp3) is 0.231. The predicted octanol–water partition coefficient (Wildman–Crippen LogP) is 2.54. The summed E-state index contributed by atoms with van der Waals surface area (Å²) < 4.78 is 0. The highest BCUT2D eigenvalue weighted by Gasteiger charge is 2.07. The molecule has 0 bridgehead atoms. The number of nitrogen functional groups attached to an aromatic ring is 1. The molecule has 4 heteroatoms. The van der Waals surface area contributed by atoms with Crippen molar-refractivity contribution in [3.8, 4) is 0 Å². The zero-order chi connectivity index (χ0) is 12.3. The van der Waals surface area contributed by atoms with Crippen LogP contribution in [0.25, 0.3) is 0 Å². The van der Waals surface area contributed by atoms with Crippen molar-refractivity contribution in [2.24, 2.45) is 0 Å². The van der Waals surface area contributed by atoms with Gasteiger partial charge in [0.25, 0.3) is 0 Å². The first-order chi connectivity index (χ1) is 8.15.